The molecule has 1 amide bonds. The van der Waals surface area contributed by atoms with Crippen LogP contribution in [0.25, 0.3) is 0 Å². The highest BCUT2D eigenvalue weighted by Crippen LogP contribution is 2.11. The van der Waals surface area contributed by atoms with E-state index in [9.17, 15) is 19.8 Å². The smallest absolute Gasteiger partial charge is 0.326 e. The first-order chi connectivity index (χ1) is 11.8. The van der Waals surface area contributed by atoms with Crippen LogP contribution in [0.15, 0.2) is 24.3 Å². The average molecular weight is 351 g/mol. The van der Waals surface area contributed by atoms with Crippen LogP contribution in [0.3, 0.4) is 0 Å². The van der Waals surface area contributed by atoms with E-state index in [1.165, 1.54) is 12.1 Å². The molecular weight excluding hydrogens is 326 g/mol. The molecule has 0 bridgehead atoms. The largest absolute Gasteiger partial charge is 0.508 e. The standard InChI is InChI=1S/C16H25N5O4/c1-19-16(18)20-8-2-3-12(17)14(23)21-13(15(24)25)9-10-4-6-11(22)7-5-10/h4-7,12-13,22H,2-3,8-9,17H2,1H3,(H,21,23)(H,24,25)(H3,18,19,20)/t12-,13-/m0/s1. The second-order valence-electron chi connectivity index (χ2n) is 5.57. The Morgan fingerprint density at radius 1 is 1.28 bits per heavy atom. The fraction of sp³-hybridized carbons (Fsp3) is 0.438. The van der Waals surface area contributed by atoms with Gasteiger partial charge in [-0.2, -0.15) is 0 Å². The van der Waals surface area contributed by atoms with Crippen molar-refractivity contribution in [3.05, 3.63) is 29.8 Å². The summed E-state index contributed by atoms with van der Waals surface area (Å²) in [7, 11) is 1.62. The van der Waals surface area contributed by atoms with E-state index in [2.05, 4.69) is 16.0 Å². The molecule has 0 radical (unpaired) electrons. The number of hydrogen-bond donors (Lipinski definition) is 7. The summed E-state index contributed by atoms with van der Waals surface area (Å²) in [6, 6.07) is 4.18. The van der Waals surface area contributed by atoms with Crippen molar-refractivity contribution in [1.29, 1.82) is 5.41 Å². The number of hydrogen-bond acceptors (Lipinski definition) is 5. The molecule has 0 aliphatic heterocycles. The molecule has 9 heteroatoms. The molecule has 0 spiro atoms. The predicted octanol–water partition coefficient (Wildman–Crippen LogP) is -0.645. The minimum Gasteiger partial charge on any atom is -0.508 e. The van der Waals surface area contributed by atoms with Gasteiger partial charge in [-0.25, -0.2) is 4.79 Å². The number of carboxylic acid groups (broad SMARTS) is 1. The van der Waals surface area contributed by atoms with Crippen LogP contribution in [0.2, 0.25) is 0 Å². The van der Waals surface area contributed by atoms with Gasteiger partial charge in [-0.05, 0) is 30.5 Å². The van der Waals surface area contributed by atoms with Crippen LogP contribution in [0.1, 0.15) is 18.4 Å². The van der Waals surface area contributed by atoms with E-state index in [-0.39, 0.29) is 18.1 Å². The predicted molar refractivity (Wildman–Crippen MR) is 93.4 cm³/mol. The molecule has 138 valence electrons. The first-order valence-electron chi connectivity index (χ1n) is 7.90. The van der Waals surface area contributed by atoms with Gasteiger partial charge >= 0.3 is 5.97 Å². The Bertz CT molecular complexity index is 591. The molecule has 0 aliphatic rings. The van der Waals surface area contributed by atoms with Gasteiger partial charge in [0.25, 0.3) is 0 Å². The molecule has 1 rings (SSSR count). The number of rotatable bonds is 9. The number of benzene rings is 1. The molecule has 0 saturated carbocycles. The van der Waals surface area contributed by atoms with Gasteiger partial charge < -0.3 is 31.9 Å². The molecule has 1 aromatic carbocycles. The van der Waals surface area contributed by atoms with Crippen LogP contribution in [0.5, 0.6) is 5.75 Å². The summed E-state index contributed by atoms with van der Waals surface area (Å²) in [6.07, 6.45) is 1.02. The zero-order valence-corrected chi connectivity index (χ0v) is 14.1. The van der Waals surface area contributed by atoms with Gasteiger partial charge in [0.2, 0.25) is 5.91 Å². The fourth-order valence-electron chi connectivity index (χ4n) is 2.10. The normalized spacial score (nSPS) is 12.7. The molecule has 0 fully saturated rings. The summed E-state index contributed by atoms with van der Waals surface area (Å²) in [5.74, 6) is -1.42. The molecule has 8 N–H and O–H groups in total. The minimum absolute atomic E-state index is 0.0849. The molecule has 1 aromatic rings. The monoisotopic (exact) mass is 351 g/mol. The number of guanidine groups is 1. The Morgan fingerprint density at radius 3 is 2.48 bits per heavy atom. The van der Waals surface area contributed by atoms with Crippen LogP contribution in [0, 0.1) is 5.41 Å². The van der Waals surface area contributed by atoms with Crippen LogP contribution in [0.4, 0.5) is 0 Å². The summed E-state index contributed by atoms with van der Waals surface area (Å²) < 4.78 is 0. The molecule has 0 unspecified atom stereocenters. The van der Waals surface area contributed by atoms with E-state index in [0.717, 1.165) is 0 Å². The third kappa shape index (κ3) is 7.53. The number of nitrogens with two attached hydrogens (primary N) is 1. The minimum atomic E-state index is -1.15. The van der Waals surface area contributed by atoms with E-state index in [1.807, 2.05) is 0 Å². The molecule has 0 saturated heterocycles. The highest BCUT2D eigenvalue weighted by Gasteiger charge is 2.23. The summed E-state index contributed by atoms with van der Waals surface area (Å²) in [5, 5.41) is 33.7. The molecule has 0 aliphatic carbocycles. The maximum Gasteiger partial charge on any atom is 0.326 e. The maximum atomic E-state index is 12.1. The number of amides is 1. The van der Waals surface area contributed by atoms with Gasteiger partial charge in [0.05, 0.1) is 6.04 Å². The number of aliphatic carboxylic acids is 1. The Morgan fingerprint density at radius 2 is 1.92 bits per heavy atom. The van der Waals surface area contributed by atoms with Crippen molar-refractivity contribution in [3.8, 4) is 5.75 Å². The van der Waals surface area contributed by atoms with E-state index >= 15 is 0 Å². The Balaban J connectivity index is 2.48. The second kappa shape index (κ2) is 10.1. The quantitative estimate of drug-likeness (QED) is 0.177. The van der Waals surface area contributed by atoms with E-state index in [4.69, 9.17) is 11.1 Å². The maximum absolute atomic E-state index is 12.1. The van der Waals surface area contributed by atoms with Crippen molar-refractivity contribution in [2.24, 2.45) is 5.73 Å². The van der Waals surface area contributed by atoms with Crippen LogP contribution < -0.4 is 21.7 Å². The molecule has 0 heterocycles. The van der Waals surface area contributed by atoms with Crippen LogP contribution in [-0.4, -0.2) is 53.7 Å². The lowest BCUT2D eigenvalue weighted by atomic mass is 10.0. The second-order valence-corrected chi connectivity index (χ2v) is 5.57. The lowest BCUT2D eigenvalue weighted by Crippen LogP contribution is -2.49. The Kier molecular flexibility index (Phi) is 8.21. The van der Waals surface area contributed by atoms with E-state index < -0.39 is 24.0 Å². The van der Waals surface area contributed by atoms with Gasteiger partial charge in [-0.1, -0.05) is 12.1 Å². The number of carbonyl (C=O) groups excluding carboxylic acids is 1. The topological polar surface area (TPSA) is 161 Å². The first-order valence-corrected chi connectivity index (χ1v) is 7.90. The summed E-state index contributed by atoms with van der Waals surface area (Å²) in [6.45, 7) is 0.483. The van der Waals surface area contributed by atoms with Crippen molar-refractivity contribution in [3.63, 3.8) is 0 Å². The van der Waals surface area contributed by atoms with Crippen molar-refractivity contribution in [1.82, 2.24) is 16.0 Å². The summed E-state index contributed by atoms with van der Waals surface area (Å²) in [5.41, 5.74) is 6.47. The zero-order chi connectivity index (χ0) is 18.8. The first kappa shape index (κ1) is 20.2. The van der Waals surface area contributed by atoms with Gasteiger partial charge in [0, 0.05) is 20.0 Å². The third-order valence-electron chi connectivity index (χ3n) is 3.57. The number of phenolic OH excluding ortho intramolecular Hbond substituents is 1. The Hall–Kier alpha value is -2.81. The fourth-order valence-corrected chi connectivity index (χ4v) is 2.10. The third-order valence-corrected chi connectivity index (χ3v) is 3.57. The molecule has 9 nitrogen and oxygen atoms in total. The van der Waals surface area contributed by atoms with Crippen LogP contribution in [-0.2, 0) is 16.0 Å². The van der Waals surface area contributed by atoms with E-state index in [0.29, 0.717) is 24.9 Å². The van der Waals surface area contributed by atoms with Crippen molar-refractivity contribution >= 4 is 17.8 Å². The summed E-state index contributed by atoms with van der Waals surface area (Å²) in [4.78, 5) is 23.4. The molecule has 25 heavy (non-hydrogen) atoms. The van der Waals surface area contributed by atoms with Crippen molar-refractivity contribution in [2.75, 3.05) is 13.6 Å². The van der Waals surface area contributed by atoms with Gasteiger partial charge in [0.15, 0.2) is 5.96 Å². The van der Waals surface area contributed by atoms with Gasteiger partial charge in [0.1, 0.15) is 11.8 Å². The van der Waals surface area contributed by atoms with Crippen molar-refractivity contribution in [2.45, 2.75) is 31.3 Å². The molecular formula is C16H25N5O4. The highest BCUT2D eigenvalue weighted by atomic mass is 16.4. The lowest BCUT2D eigenvalue weighted by Gasteiger charge is -2.18. The van der Waals surface area contributed by atoms with E-state index in [1.54, 1.807) is 19.2 Å². The number of carbonyl (C=O) groups is 2. The van der Waals surface area contributed by atoms with Crippen molar-refractivity contribution < 1.29 is 19.8 Å². The number of nitrogens with one attached hydrogen (secondary N) is 4. The van der Waals surface area contributed by atoms with Gasteiger partial charge in [-0.15, -0.1) is 0 Å². The number of phenols is 1. The Labute approximate surface area is 146 Å². The van der Waals surface area contributed by atoms with Crippen LogP contribution >= 0.6 is 0 Å². The SMILES string of the molecule is CNC(=N)NCCC[C@H](N)C(=O)N[C@@H](Cc1ccc(O)cc1)C(=O)O. The summed E-state index contributed by atoms with van der Waals surface area (Å²) >= 11 is 0. The molecule has 0 aromatic heterocycles. The lowest BCUT2D eigenvalue weighted by molar-refractivity contribution is -0.142. The van der Waals surface area contributed by atoms with Gasteiger partial charge in [-0.3, -0.25) is 10.2 Å². The highest BCUT2D eigenvalue weighted by molar-refractivity contribution is 5.86. The number of carboxylic acids is 1. The average Bonchev–Trinajstić information content (AvgIpc) is 2.59. The molecule has 2 atom stereocenters. The number of aromatic hydroxyl groups is 1. The zero-order valence-electron chi connectivity index (χ0n) is 14.1.